The molecule has 1 N–H and O–H groups in total. The summed E-state index contributed by atoms with van der Waals surface area (Å²) in [4.78, 5) is 0. The highest BCUT2D eigenvalue weighted by atomic mass is 16.5. The van der Waals surface area contributed by atoms with Crippen LogP contribution in [0.15, 0.2) is 36.4 Å². The molecule has 0 spiro atoms. The second kappa shape index (κ2) is 6.77. The van der Waals surface area contributed by atoms with Gasteiger partial charge in [-0.2, -0.15) is 0 Å². The van der Waals surface area contributed by atoms with Crippen LogP contribution in [-0.2, 0) is 6.54 Å². The van der Waals surface area contributed by atoms with Gasteiger partial charge in [0.15, 0.2) is 0 Å². The van der Waals surface area contributed by atoms with Gasteiger partial charge in [0.2, 0.25) is 0 Å². The summed E-state index contributed by atoms with van der Waals surface area (Å²) in [7, 11) is 0. The lowest BCUT2D eigenvalue weighted by Gasteiger charge is -2.13. The Kier molecular flexibility index (Phi) is 5.03. The van der Waals surface area contributed by atoms with Crippen molar-refractivity contribution in [2.75, 3.05) is 0 Å². The summed E-state index contributed by atoms with van der Waals surface area (Å²) in [6, 6.07) is 13.1. The molecule has 112 valence electrons. The lowest BCUT2D eigenvalue weighted by atomic mass is 10.1. The van der Waals surface area contributed by atoms with Crippen LogP contribution in [0.5, 0.6) is 11.5 Å². The fourth-order valence-corrected chi connectivity index (χ4v) is 2.29. The Morgan fingerprint density at radius 1 is 0.905 bits per heavy atom. The van der Waals surface area contributed by atoms with Crippen molar-refractivity contribution in [3.05, 3.63) is 58.7 Å². The van der Waals surface area contributed by atoms with Crippen LogP contribution in [0, 0.1) is 20.8 Å². The van der Waals surface area contributed by atoms with Crippen molar-refractivity contribution in [1.29, 1.82) is 0 Å². The van der Waals surface area contributed by atoms with Gasteiger partial charge in [0.25, 0.3) is 0 Å². The molecular formula is C19H25NO. The minimum atomic E-state index is 0.497. The monoisotopic (exact) mass is 283 g/mol. The third-order valence-corrected chi connectivity index (χ3v) is 3.50. The Balaban J connectivity index is 2.13. The molecule has 21 heavy (non-hydrogen) atoms. The fourth-order valence-electron chi connectivity index (χ4n) is 2.29. The second-order valence-electron chi connectivity index (χ2n) is 6.01. The topological polar surface area (TPSA) is 21.3 Å². The molecule has 0 aromatic heterocycles. The predicted octanol–water partition coefficient (Wildman–Crippen LogP) is 4.90. The first-order valence-electron chi connectivity index (χ1n) is 7.53. The number of nitrogens with one attached hydrogen (secondary N) is 1. The highest BCUT2D eigenvalue weighted by Crippen LogP contribution is 2.28. The lowest BCUT2D eigenvalue weighted by Crippen LogP contribution is -2.21. The van der Waals surface area contributed by atoms with Crippen LogP contribution >= 0.6 is 0 Å². The molecule has 0 unspecified atom stereocenters. The zero-order valence-corrected chi connectivity index (χ0v) is 13.7. The smallest absolute Gasteiger partial charge is 0.130 e. The van der Waals surface area contributed by atoms with E-state index in [4.69, 9.17) is 4.74 Å². The molecule has 0 amide bonds. The normalized spacial score (nSPS) is 11.0. The van der Waals surface area contributed by atoms with Crippen molar-refractivity contribution in [2.45, 2.75) is 47.2 Å². The molecule has 2 rings (SSSR count). The van der Waals surface area contributed by atoms with E-state index in [1.54, 1.807) is 0 Å². The van der Waals surface area contributed by atoms with Gasteiger partial charge in [-0.15, -0.1) is 0 Å². The first-order chi connectivity index (χ1) is 9.95. The highest BCUT2D eigenvalue weighted by molar-refractivity contribution is 5.43. The molecule has 0 saturated heterocycles. The van der Waals surface area contributed by atoms with E-state index in [-0.39, 0.29) is 0 Å². The van der Waals surface area contributed by atoms with Gasteiger partial charge >= 0.3 is 0 Å². The van der Waals surface area contributed by atoms with Gasteiger partial charge in [0.1, 0.15) is 11.5 Å². The summed E-state index contributed by atoms with van der Waals surface area (Å²) < 4.78 is 6.06. The minimum absolute atomic E-state index is 0.497. The third-order valence-electron chi connectivity index (χ3n) is 3.50. The lowest BCUT2D eigenvalue weighted by molar-refractivity contribution is 0.474. The van der Waals surface area contributed by atoms with Crippen LogP contribution in [0.25, 0.3) is 0 Å². The van der Waals surface area contributed by atoms with Gasteiger partial charge in [0.05, 0.1) is 0 Å². The van der Waals surface area contributed by atoms with Crippen LogP contribution in [0.1, 0.15) is 36.1 Å². The maximum atomic E-state index is 6.06. The first kappa shape index (κ1) is 15.6. The molecule has 0 atom stereocenters. The van der Waals surface area contributed by atoms with Gasteiger partial charge in [-0.3, -0.25) is 0 Å². The van der Waals surface area contributed by atoms with Crippen LogP contribution in [0.2, 0.25) is 0 Å². The van der Waals surface area contributed by atoms with Gasteiger partial charge in [0, 0.05) is 12.6 Å². The predicted molar refractivity (Wildman–Crippen MR) is 89.1 cm³/mol. The summed E-state index contributed by atoms with van der Waals surface area (Å²) in [6.07, 6.45) is 0. The van der Waals surface area contributed by atoms with Crippen LogP contribution < -0.4 is 10.1 Å². The van der Waals surface area contributed by atoms with Gasteiger partial charge < -0.3 is 10.1 Å². The van der Waals surface area contributed by atoms with E-state index in [1.165, 1.54) is 16.7 Å². The maximum Gasteiger partial charge on any atom is 0.130 e. The Morgan fingerprint density at radius 2 is 1.52 bits per heavy atom. The fraction of sp³-hybridized carbons (Fsp3) is 0.368. The Hall–Kier alpha value is -1.80. The molecule has 2 heteroatoms. The molecule has 2 aromatic rings. The Labute approximate surface area is 128 Å². The number of rotatable bonds is 5. The summed E-state index contributed by atoms with van der Waals surface area (Å²) in [6.45, 7) is 11.5. The molecule has 0 aliphatic heterocycles. The van der Waals surface area contributed by atoms with Gasteiger partial charge in [-0.1, -0.05) is 43.7 Å². The number of benzene rings is 2. The van der Waals surface area contributed by atoms with Gasteiger partial charge in [-0.25, -0.2) is 0 Å². The number of hydrogen-bond donors (Lipinski definition) is 1. The van der Waals surface area contributed by atoms with Crippen LogP contribution in [0.3, 0.4) is 0 Å². The van der Waals surface area contributed by atoms with E-state index in [2.05, 4.69) is 70.3 Å². The zero-order valence-electron chi connectivity index (χ0n) is 13.7. The number of hydrogen-bond acceptors (Lipinski definition) is 2. The van der Waals surface area contributed by atoms with Crippen molar-refractivity contribution < 1.29 is 4.74 Å². The van der Waals surface area contributed by atoms with Crippen LogP contribution in [0.4, 0.5) is 0 Å². The molecule has 0 saturated carbocycles. The quantitative estimate of drug-likeness (QED) is 0.842. The van der Waals surface area contributed by atoms with Crippen molar-refractivity contribution in [1.82, 2.24) is 5.32 Å². The maximum absolute atomic E-state index is 6.06. The van der Waals surface area contributed by atoms with E-state index in [0.717, 1.165) is 23.6 Å². The Bertz CT molecular complexity index is 617. The minimum Gasteiger partial charge on any atom is -0.457 e. The van der Waals surface area contributed by atoms with Crippen molar-refractivity contribution in [3.8, 4) is 11.5 Å². The van der Waals surface area contributed by atoms with Crippen molar-refractivity contribution in [3.63, 3.8) is 0 Å². The summed E-state index contributed by atoms with van der Waals surface area (Å²) >= 11 is 0. The molecule has 2 nitrogen and oxygen atoms in total. The largest absolute Gasteiger partial charge is 0.457 e. The molecule has 2 aromatic carbocycles. The van der Waals surface area contributed by atoms with E-state index < -0.39 is 0 Å². The molecular weight excluding hydrogens is 258 g/mol. The highest BCUT2D eigenvalue weighted by Gasteiger charge is 2.06. The molecule has 0 fully saturated rings. The molecule has 0 radical (unpaired) electrons. The summed E-state index contributed by atoms with van der Waals surface area (Å²) in [5, 5.41) is 3.43. The summed E-state index contributed by atoms with van der Waals surface area (Å²) in [5.41, 5.74) is 4.87. The van der Waals surface area contributed by atoms with E-state index in [9.17, 15) is 0 Å². The molecule has 0 aliphatic rings. The number of ether oxygens (including phenoxy) is 1. The molecule has 0 aliphatic carbocycles. The SMILES string of the molecule is Cc1ccc(Oc2ccc(CNC(C)C)cc2C)c(C)c1. The molecule has 0 bridgehead atoms. The second-order valence-corrected chi connectivity index (χ2v) is 6.01. The Morgan fingerprint density at radius 3 is 2.10 bits per heavy atom. The molecule has 0 heterocycles. The number of aryl methyl sites for hydroxylation is 3. The van der Waals surface area contributed by atoms with Crippen molar-refractivity contribution >= 4 is 0 Å². The van der Waals surface area contributed by atoms with Gasteiger partial charge in [-0.05, 0) is 49.6 Å². The van der Waals surface area contributed by atoms with Crippen molar-refractivity contribution in [2.24, 2.45) is 0 Å². The third kappa shape index (κ3) is 4.33. The van der Waals surface area contributed by atoms with Crippen LogP contribution in [-0.4, -0.2) is 6.04 Å². The standard InChI is InChI=1S/C19H25NO/c1-13(2)20-12-17-7-9-19(16(5)11-17)21-18-8-6-14(3)10-15(18)4/h6-11,13,20H,12H2,1-5H3. The summed E-state index contributed by atoms with van der Waals surface area (Å²) in [5.74, 6) is 1.85. The van der Waals surface area contributed by atoms with E-state index in [1.807, 2.05) is 6.07 Å². The van der Waals surface area contributed by atoms with E-state index in [0.29, 0.717) is 6.04 Å². The average Bonchev–Trinajstić information content (AvgIpc) is 2.42. The average molecular weight is 283 g/mol. The van der Waals surface area contributed by atoms with E-state index >= 15 is 0 Å². The first-order valence-corrected chi connectivity index (χ1v) is 7.53. The zero-order chi connectivity index (χ0) is 15.4.